The van der Waals surface area contributed by atoms with Crippen molar-refractivity contribution in [3.8, 4) is 11.5 Å². The molecule has 1 saturated heterocycles. The molecule has 3 aliphatic heterocycles. The fourth-order valence-corrected chi connectivity index (χ4v) is 5.48. The number of thiophene rings is 1. The summed E-state index contributed by atoms with van der Waals surface area (Å²) in [5.74, 6) is 1.73. The minimum atomic E-state index is -0.347. The smallest absolute Gasteiger partial charge is 0.191 e. The van der Waals surface area contributed by atoms with Gasteiger partial charge in [-0.15, -0.1) is 11.3 Å². The lowest BCUT2D eigenvalue weighted by atomic mass is 9.92. The van der Waals surface area contributed by atoms with Crippen LogP contribution in [-0.2, 0) is 0 Å². The number of nitrogens with one attached hydrogen (secondary N) is 2. The van der Waals surface area contributed by atoms with Crippen molar-refractivity contribution in [2.24, 2.45) is 0 Å². The highest BCUT2D eigenvalue weighted by Crippen LogP contribution is 2.50. The van der Waals surface area contributed by atoms with E-state index in [-0.39, 0.29) is 11.8 Å². The molecular weight excluding hydrogens is 370 g/mol. The molecule has 148 valence electrons. The Kier molecular flexibility index (Phi) is 4.38. The number of hydrogen-bond donors (Lipinski definition) is 2. The molecule has 0 bridgehead atoms. The topological polar surface area (TPSA) is 38.2 Å². The lowest BCUT2D eigenvalue weighted by Gasteiger charge is -2.51. The highest BCUT2D eigenvalue weighted by Gasteiger charge is 2.53. The maximum Gasteiger partial charge on any atom is 0.191 e. The van der Waals surface area contributed by atoms with Crippen LogP contribution < -0.4 is 19.8 Å². The van der Waals surface area contributed by atoms with Gasteiger partial charge >= 0.3 is 0 Å². The molecule has 0 radical (unpaired) electrons. The molecule has 1 spiro atoms. The monoisotopic (exact) mass is 398 g/mol. The molecule has 3 aliphatic rings. The zero-order chi connectivity index (χ0) is 19.3. The number of para-hydroxylation sites is 1. The lowest BCUT2D eigenvalue weighted by Crippen LogP contribution is -3.16. The van der Waals surface area contributed by atoms with Gasteiger partial charge in [0.25, 0.3) is 0 Å². The van der Waals surface area contributed by atoms with Crippen LogP contribution in [0.5, 0.6) is 11.5 Å². The van der Waals surface area contributed by atoms with Gasteiger partial charge in [-0.05, 0) is 37.4 Å². The molecule has 2 N–H and O–H groups in total. The van der Waals surface area contributed by atoms with Crippen molar-refractivity contribution in [2.45, 2.75) is 44.5 Å². The Balaban J connectivity index is 1.56. The standard InChI is InChI=1S/C22H27N3O2S/c1-15(2)24-11-9-22(10-12-24)25-18(14-17(23-25)20-8-5-13-28-20)16-6-4-7-19(26-3)21(16)27-22/h4-8,13-15,18,23H,9-12H2,1-3H3/p+1/t18-/m1/s1. The molecule has 4 heterocycles. The average Bonchev–Trinajstić information content (AvgIpc) is 3.38. The Morgan fingerprint density at radius 2 is 2.07 bits per heavy atom. The highest BCUT2D eigenvalue weighted by molar-refractivity contribution is 7.11. The highest BCUT2D eigenvalue weighted by atomic mass is 32.1. The zero-order valence-corrected chi connectivity index (χ0v) is 17.5. The number of quaternary nitrogens is 1. The van der Waals surface area contributed by atoms with E-state index in [1.807, 2.05) is 6.07 Å². The Labute approximate surface area is 170 Å². The van der Waals surface area contributed by atoms with Crippen LogP contribution in [0.25, 0.3) is 5.70 Å². The second-order valence-electron chi connectivity index (χ2n) is 8.22. The summed E-state index contributed by atoms with van der Waals surface area (Å²) < 4.78 is 12.5. The Bertz CT molecular complexity index is 885. The molecule has 0 saturated carbocycles. The number of piperidine rings is 1. The first kappa shape index (κ1) is 18.0. The SMILES string of the molecule is COc1cccc2c1OC1(CC[NH+](C(C)C)CC1)N1NC(c3cccs3)=C[C@H]21. The van der Waals surface area contributed by atoms with Gasteiger partial charge in [0.1, 0.15) is 0 Å². The minimum absolute atomic E-state index is 0.150. The van der Waals surface area contributed by atoms with E-state index >= 15 is 0 Å². The number of benzene rings is 1. The summed E-state index contributed by atoms with van der Waals surface area (Å²) in [7, 11) is 1.73. The Morgan fingerprint density at radius 1 is 1.25 bits per heavy atom. The molecule has 28 heavy (non-hydrogen) atoms. The summed E-state index contributed by atoms with van der Waals surface area (Å²) in [6.45, 7) is 6.84. The third-order valence-electron chi connectivity index (χ3n) is 6.40. The van der Waals surface area contributed by atoms with Gasteiger partial charge in [0, 0.05) is 5.56 Å². The quantitative estimate of drug-likeness (QED) is 0.834. The number of rotatable bonds is 3. The van der Waals surface area contributed by atoms with Gasteiger partial charge in [-0.25, -0.2) is 0 Å². The number of nitrogens with zero attached hydrogens (tertiary/aromatic N) is 1. The second-order valence-corrected chi connectivity index (χ2v) is 9.17. The molecule has 6 heteroatoms. The van der Waals surface area contributed by atoms with Crippen LogP contribution >= 0.6 is 11.3 Å². The number of hydrogen-bond acceptors (Lipinski definition) is 5. The van der Waals surface area contributed by atoms with Crippen molar-refractivity contribution in [3.05, 3.63) is 52.2 Å². The molecule has 5 nitrogen and oxygen atoms in total. The van der Waals surface area contributed by atoms with Gasteiger partial charge in [-0.3, -0.25) is 0 Å². The third kappa shape index (κ3) is 2.74. The molecule has 1 aromatic heterocycles. The molecule has 1 atom stereocenters. The largest absolute Gasteiger partial charge is 0.493 e. The molecule has 2 aromatic rings. The first-order valence-electron chi connectivity index (χ1n) is 10.1. The summed E-state index contributed by atoms with van der Waals surface area (Å²) in [4.78, 5) is 2.92. The van der Waals surface area contributed by atoms with E-state index in [0.717, 1.165) is 37.4 Å². The van der Waals surface area contributed by atoms with Crippen LogP contribution in [0.4, 0.5) is 0 Å². The number of fused-ring (bicyclic) bond motifs is 4. The normalized spacial score (nSPS) is 29.1. The van der Waals surface area contributed by atoms with E-state index < -0.39 is 0 Å². The van der Waals surface area contributed by atoms with Crippen LogP contribution in [-0.4, -0.2) is 37.0 Å². The second kappa shape index (κ2) is 6.79. The maximum atomic E-state index is 6.79. The number of hydrazine groups is 1. The summed E-state index contributed by atoms with van der Waals surface area (Å²) in [5.41, 5.74) is 5.71. The van der Waals surface area contributed by atoms with E-state index in [0.29, 0.717) is 6.04 Å². The molecular formula is C22H28N3O2S+. The van der Waals surface area contributed by atoms with E-state index in [9.17, 15) is 0 Å². The Hall–Kier alpha value is -2.02. The van der Waals surface area contributed by atoms with Gasteiger partial charge < -0.3 is 19.8 Å². The van der Waals surface area contributed by atoms with Gasteiger partial charge in [-0.2, -0.15) is 5.01 Å². The van der Waals surface area contributed by atoms with Crippen LogP contribution in [0.3, 0.4) is 0 Å². The zero-order valence-electron chi connectivity index (χ0n) is 16.7. The van der Waals surface area contributed by atoms with Crippen molar-refractivity contribution in [2.75, 3.05) is 20.2 Å². The van der Waals surface area contributed by atoms with E-state index in [1.54, 1.807) is 23.3 Å². The van der Waals surface area contributed by atoms with Crippen LogP contribution in [0.1, 0.15) is 43.2 Å². The van der Waals surface area contributed by atoms with Gasteiger partial charge in [0.15, 0.2) is 17.2 Å². The lowest BCUT2D eigenvalue weighted by molar-refractivity contribution is -0.929. The fourth-order valence-electron chi connectivity index (χ4n) is 4.78. The minimum Gasteiger partial charge on any atom is -0.493 e. The van der Waals surface area contributed by atoms with E-state index in [4.69, 9.17) is 9.47 Å². The fraction of sp³-hybridized carbons (Fsp3) is 0.455. The predicted molar refractivity (Wildman–Crippen MR) is 111 cm³/mol. The molecule has 1 aromatic carbocycles. The summed E-state index contributed by atoms with van der Waals surface area (Å²) in [6.07, 6.45) is 4.33. The van der Waals surface area contributed by atoms with Crippen molar-refractivity contribution in [1.82, 2.24) is 10.4 Å². The first-order chi connectivity index (χ1) is 13.6. The third-order valence-corrected chi connectivity index (χ3v) is 7.30. The molecule has 0 amide bonds. The van der Waals surface area contributed by atoms with Gasteiger partial charge in [0.2, 0.25) is 0 Å². The molecule has 1 fully saturated rings. The predicted octanol–water partition coefficient (Wildman–Crippen LogP) is 2.83. The van der Waals surface area contributed by atoms with Crippen molar-refractivity contribution in [3.63, 3.8) is 0 Å². The molecule has 5 rings (SSSR count). The van der Waals surface area contributed by atoms with Crippen molar-refractivity contribution >= 4 is 17.0 Å². The van der Waals surface area contributed by atoms with E-state index in [1.165, 1.54) is 16.1 Å². The molecule has 0 aliphatic carbocycles. The van der Waals surface area contributed by atoms with Crippen molar-refractivity contribution in [1.29, 1.82) is 0 Å². The summed E-state index contributed by atoms with van der Waals surface area (Å²) in [6, 6.07) is 11.3. The first-order valence-corrected chi connectivity index (χ1v) is 11.0. The Morgan fingerprint density at radius 3 is 2.75 bits per heavy atom. The van der Waals surface area contributed by atoms with Crippen molar-refractivity contribution < 1.29 is 14.4 Å². The summed E-state index contributed by atoms with van der Waals surface area (Å²) >= 11 is 1.77. The van der Waals surface area contributed by atoms with Gasteiger partial charge in [-0.1, -0.05) is 18.2 Å². The number of methoxy groups -OCH3 is 1. The molecule has 0 unspecified atom stereocenters. The maximum absolute atomic E-state index is 6.79. The van der Waals surface area contributed by atoms with Gasteiger partial charge in [0.05, 0.1) is 55.7 Å². The summed E-state index contributed by atoms with van der Waals surface area (Å²) in [5, 5.41) is 4.49. The van der Waals surface area contributed by atoms with Crippen LogP contribution in [0.15, 0.2) is 41.8 Å². The van der Waals surface area contributed by atoms with E-state index in [2.05, 4.69) is 60.0 Å². The number of ether oxygens (including phenoxy) is 2. The average molecular weight is 399 g/mol. The van der Waals surface area contributed by atoms with Crippen LogP contribution in [0, 0.1) is 0 Å². The number of likely N-dealkylation sites (tertiary alicyclic amines) is 1. The van der Waals surface area contributed by atoms with Crippen LogP contribution in [0.2, 0.25) is 0 Å².